The van der Waals surface area contributed by atoms with Gasteiger partial charge in [0.15, 0.2) is 16.7 Å². The van der Waals surface area contributed by atoms with E-state index in [0.717, 1.165) is 11.1 Å². The fourth-order valence-electron chi connectivity index (χ4n) is 2.75. The Bertz CT molecular complexity index is 983. The highest BCUT2D eigenvalue weighted by Crippen LogP contribution is 2.34. The molecule has 0 radical (unpaired) electrons. The first kappa shape index (κ1) is 20.8. The predicted octanol–water partition coefficient (Wildman–Crippen LogP) is 4.69. The monoisotopic (exact) mass is 412 g/mol. The number of nitrogens with one attached hydrogen (secondary N) is 1. The summed E-state index contributed by atoms with van der Waals surface area (Å²) in [6.45, 7) is 5.90. The minimum atomic E-state index is -0.193. The average Bonchev–Trinajstić information content (AvgIpc) is 3.01. The van der Waals surface area contributed by atoms with Crippen molar-refractivity contribution in [1.29, 1.82) is 0 Å². The van der Waals surface area contributed by atoms with Crippen LogP contribution < -0.4 is 19.5 Å². The molecule has 0 bridgehead atoms. The Morgan fingerprint density at radius 2 is 1.76 bits per heavy atom. The number of nitrogens with zero attached hydrogens (tertiary/aromatic N) is 1. The summed E-state index contributed by atoms with van der Waals surface area (Å²) in [5, 5.41) is 3.31. The summed E-state index contributed by atoms with van der Waals surface area (Å²) < 4.78 is 16.5. The first-order chi connectivity index (χ1) is 13.9. The van der Waals surface area contributed by atoms with Gasteiger partial charge in [0.05, 0.1) is 25.2 Å². The van der Waals surface area contributed by atoms with Crippen molar-refractivity contribution in [1.82, 2.24) is 5.32 Å². The number of carbonyl (C=O) groups excluding carboxylic acids is 1. The number of amidine groups is 1. The van der Waals surface area contributed by atoms with Crippen LogP contribution in [-0.2, 0) is 4.79 Å². The van der Waals surface area contributed by atoms with E-state index in [2.05, 4.69) is 10.3 Å². The molecule has 0 aromatic heterocycles. The predicted molar refractivity (Wildman–Crippen MR) is 117 cm³/mol. The Morgan fingerprint density at radius 1 is 1.03 bits per heavy atom. The van der Waals surface area contributed by atoms with Crippen LogP contribution in [0.1, 0.15) is 25.0 Å². The van der Waals surface area contributed by atoms with Crippen molar-refractivity contribution >= 4 is 34.6 Å². The highest BCUT2D eigenvalue weighted by Gasteiger charge is 2.24. The number of hydrogen-bond acceptors (Lipinski definition) is 6. The van der Waals surface area contributed by atoms with Crippen LogP contribution in [0.4, 0.5) is 5.69 Å². The van der Waals surface area contributed by atoms with Crippen molar-refractivity contribution in [2.75, 3.05) is 14.2 Å². The van der Waals surface area contributed by atoms with E-state index in [9.17, 15) is 4.79 Å². The molecule has 152 valence electrons. The van der Waals surface area contributed by atoms with Crippen LogP contribution in [-0.4, -0.2) is 31.4 Å². The summed E-state index contributed by atoms with van der Waals surface area (Å²) in [6, 6.07) is 11.3. The average molecular weight is 413 g/mol. The smallest absolute Gasteiger partial charge is 0.264 e. The number of benzene rings is 2. The molecule has 1 saturated heterocycles. The zero-order chi connectivity index (χ0) is 21.0. The molecule has 1 N–H and O–H groups in total. The molecular weight excluding hydrogens is 388 g/mol. The number of aryl methyl sites for hydroxylation is 1. The van der Waals surface area contributed by atoms with Gasteiger partial charge in [-0.25, -0.2) is 4.99 Å². The number of ether oxygens (including phenoxy) is 3. The first-order valence-electron chi connectivity index (χ1n) is 9.18. The van der Waals surface area contributed by atoms with E-state index < -0.39 is 0 Å². The number of aliphatic imine (C=N–C) groups is 1. The normalized spacial score (nSPS) is 16.4. The van der Waals surface area contributed by atoms with Crippen LogP contribution in [0.2, 0.25) is 0 Å². The van der Waals surface area contributed by atoms with Gasteiger partial charge in [0, 0.05) is 0 Å². The molecule has 1 fully saturated rings. The molecule has 0 saturated carbocycles. The Balaban J connectivity index is 1.85. The number of methoxy groups -OCH3 is 2. The van der Waals surface area contributed by atoms with Crippen LogP contribution >= 0.6 is 11.8 Å². The number of carbonyl (C=O) groups is 1. The van der Waals surface area contributed by atoms with Crippen molar-refractivity contribution in [3.63, 3.8) is 0 Å². The molecule has 0 aliphatic carbocycles. The molecule has 29 heavy (non-hydrogen) atoms. The van der Waals surface area contributed by atoms with E-state index >= 15 is 0 Å². The minimum Gasteiger partial charge on any atom is -0.494 e. The zero-order valence-corrected chi connectivity index (χ0v) is 17.9. The molecule has 0 atom stereocenters. The second kappa shape index (κ2) is 9.05. The van der Waals surface area contributed by atoms with Gasteiger partial charge in [-0.1, -0.05) is 12.1 Å². The third-order valence-electron chi connectivity index (χ3n) is 4.06. The van der Waals surface area contributed by atoms with E-state index in [4.69, 9.17) is 14.2 Å². The van der Waals surface area contributed by atoms with E-state index in [-0.39, 0.29) is 12.0 Å². The number of amides is 1. The van der Waals surface area contributed by atoms with Gasteiger partial charge in [-0.15, -0.1) is 0 Å². The highest BCUT2D eigenvalue weighted by molar-refractivity contribution is 8.18. The molecule has 3 rings (SSSR count). The molecular formula is C22H24N2O4S. The maximum atomic E-state index is 12.4. The quantitative estimate of drug-likeness (QED) is 0.697. The van der Waals surface area contributed by atoms with Gasteiger partial charge in [-0.2, -0.15) is 0 Å². The summed E-state index contributed by atoms with van der Waals surface area (Å²) in [6.07, 6.45) is 1.85. The standard InChI is InChI=1S/C22H24N2O4S/c1-13(2)28-18-9-7-15(11-19(18)27-5)12-20-21(25)24-22(29-20)23-16-10-14(3)6-8-17(16)26-4/h6-13H,1-5H3,(H,23,24,25)/b20-12-. The highest BCUT2D eigenvalue weighted by atomic mass is 32.2. The van der Waals surface area contributed by atoms with E-state index in [1.807, 2.05) is 57.2 Å². The van der Waals surface area contributed by atoms with Crippen LogP contribution in [0, 0.1) is 6.92 Å². The SMILES string of the molecule is COc1ccc(C)cc1N=C1NC(=O)/C(=C/c2ccc(OC(C)C)c(OC)c2)S1. The number of hydrogen-bond donors (Lipinski definition) is 1. The van der Waals surface area contributed by atoms with Crippen LogP contribution in [0.5, 0.6) is 17.2 Å². The molecule has 7 heteroatoms. The summed E-state index contributed by atoms with van der Waals surface area (Å²) >= 11 is 1.28. The second-order valence-corrected chi connectivity index (χ2v) is 7.76. The molecule has 6 nitrogen and oxygen atoms in total. The van der Waals surface area contributed by atoms with Crippen LogP contribution in [0.3, 0.4) is 0 Å². The van der Waals surface area contributed by atoms with Crippen LogP contribution in [0.15, 0.2) is 46.3 Å². The molecule has 2 aromatic rings. The Labute approximate surface area is 175 Å². The van der Waals surface area contributed by atoms with Gasteiger partial charge in [0.2, 0.25) is 0 Å². The summed E-state index contributed by atoms with van der Waals surface area (Å²) in [7, 11) is 3.19. The Kier molecular flexibility index (Phi) is 6.49. The van der Waals surface area contributed by atoms with E-state index in [1.54, 1.807) is 20.3 Å². The fraction of sp³-hybridized carbons (Fsp3) is 0.273. The molecule has 1 heterocycles. The maximum absolute atomic E-state index is 12.4. The van der Waals surface area contributed by atoms with Gasteiger partial charge in [0.1, 0.15) is 11.4 Å². The third kappa shape index (κ3) is 5.12. The number of rotatable bonds is 6. The topological polar surface area (TPSA) is 69.2 Å². The summed E-state index contributed by atoms with van der Waals surface area (Å²) in [4.78, 5) is 17.5. The number of thioether (sulfide) groups is 1. The van der Waals surface area contributed by atoms with Crippen LogP contribution in [0.25, 0.3) is 6.08 Å². The molecule has 1 aliphatic rings. The van der Waals surface area contributed by atoms with Crippen molar-refractivity contribution in [2.24, 2.45) is 4.99 Å². The summed E-state index contributed by atoms with van der Waals surface area (Å²) in [5.74, 6) is 1.75. The lowest BCUT2D eigenvalue weighted by Crippen LogP contribution is -2.19. The minimum absolute atomic E-state index is 0.0432. The van der Waals surface area contributed by atoms with Gasteiger partial charge in [-0.05, 0) is 74.0 Å². The fourth-order valence-corrected chi connectivity index (χ4v) is 3.59. The van der Waals surface area contributed by atoms with Crippen molar-refractivity contribution in [3.8, 4) is 17.2 Å². The molecule has 1 amide bonds. The molecule has 2 aromatic carbocycles. The van der Waals surface area contributed by atoms with E-state index in [0.29, 0.717) is 33.0 Å². The zero-order valence-electron chi connectivity index (χ0n) is 17.1. The maximum Gasteiger partial charge on any atom is 0.264 e. The lowest BCUT2D eigenvalue weighted by atomic mass is 10.2. The lowest BCUT2D eigenvalue weighted by Gasteiger charge is -2.13. The summed E-state index contributed by atoms with van der Waals surface area (Å²) in [5.41, 5.74) is 2.57. The van der Waals surface area contributed by atoms with Crippen molar-refractivity contribution < 1.29 is 19.0 Å². The van der Waals surface area contributed by atoms with Crippen molar-refractivity contribution in [2.45, 2.75) is 26.9 Å². The molecule has 0 spiro atoms. The molecule has 1 aliphatic heterocycles. The van der Waals surface area contributed by atoms with Gasteiger partial charge >= 0.3 is 0 Å². The van der Waals surface area contributed by atoms with Gasteiger partial charge in [-0.3, -0.25) is 4.79 Å². The van der Waals surface area contributed by atoms with E-state index in [1.165, 1.54) is 11.8 Å². The Hall–Kier alpha value is -2.93. The second-order valence-electron chi connectivity index (χ2n) is 6.73. The third-order valence-corrected chi connectivity index (χ3v) is 4.97. The largest absolute Gasteiger partial charge is 0.494 e. The molecule has 0 unspecified atom stereocenters. The van der Waals surface area contributed by atoms with Gasteiger partial charge < -0.3 is 19.5 Å². The lowest BCUT2D eigenvalue weighted by molar-refractivity contribution is -0.115. The van der Waals surface area contributed by atoms with Gasteiger partial charge in [0.25, 0.3) is 5.91 Å². The first-order valence-corrected chi connectivity index (χ1v) is 10.00. The van der Waals surface area contributed by atoms with Crippen molar-refractivity contribution in [3.05, 3.63) is 52.4 Å². The Morgan fingerprint density at radius 3 is 2.45 bits per heavy atom.